The van der Waals surface area contributed by atoms with Crippen LogP contribution in [-0.2, 0) is 64.6 Å². The molecule has 0 saturated carbocycles. The highest BCUT2D eigenvalue weighted by Gasteiger charge is 2.55. The van der Waals surface area contributed by atoms with Crippen molar-refractivity contribution in [3.05, 3.63) is 168 Å². The molecule has 0 N–H and O–H groups in total. The Kier molecular flexibility index (Phi) is 31.4. The summed E-state index contributed by atoms with van der Waals surface area (Å²) >= 11 is 0. The van der Waals surface area contributed by atoms with Crippen LogP contribution in [0.3, 0.4) is 0 Å². The Balaban J connectivity index is 0.000000366. The lowest BCUT2D eigenvalue weighted by atomic mass is 10.1. The van der Waals surface area contributed by atoms with Gasteiger partial charge < -0.3 is 8.92 Å². The highest BCUT2D eigenvalue weighted by molar-refractivity contribution is 7.98. The molecular weight excluding hydrogens is 1090 g/mol. The number of ether oxygens (including phenoxy) is 1. The van der Waals surface area contributed by atoms with Crippen molar-refractivity contribution in [3.63, 3.8) is 0 Å². The van der Waals surface area contributed by atoms with Gasteiger partial charge in [0.05, 0.1) is 36.8 Å². The van der Waals surface area contributed by atoms with Crippen molar-refractivity contribution in [2.24, 2.45) is 0 Å². The Morgan fingerprint density at radius 1 is 0.461 bits per heavy atom. The lowest BCUT2D eigenvalue weighted by molar-refractivity contribution is -0.0500. The highest BCUT2D eigenvalue weighted by atomic mass is 32.2. The van der Waals surface area contributed by atoms with E-state index in [-0.39, 0.29) is 15.5 Å². The van der Waals surface area contributed by atoms with Crippen LogP contribution in [-0.4, -0.2) is 75.1 Å². The van der Waals surface area contributed by atoms with Crippen LogP contribution in [0.1, 0.15) is 81.5 Å². The van der Waals surface area contributed by atoms with E-state index in [9.17, 15) is 34.8 Å². The third kappa shape index (κ3) is 24.1. The topological polar surface area (TPSA) is 52.6 Å². The van der Waals surface area contributed by atoms with E-state index < -0.39 is 42.9 Å². The number of alkyl halides is 6. The Morgan fingerprint density at radius 2 is 0.776 bits per heavy atom. The molecule has 6 rings (SSSR count). The zero-order chi connectivity index (χ0) is 57.1. The summed E-state index contributed by atoms with van der Waals surface area (Å²) in [7, 11) is -4.84. The summed E-state index contributed by atoms with van der Waals surface area (Å²) in [5.74, 6) is 4.87. The Hall–Kier alpha value is -3.80. The summed E-state index contributed by atoms with van der Waals surface area (Å²) in [6.45, 7) is 13.5. The quantitative estimate of drug-likeness (QED) is 0.0372. The first-order chi connectivity index (χ1) is 35.8. The minimum Gasteiger partial charge on any atom is -0.496 e. The minimum atomic E-state index is -5.73. The zero-order valence-corrected chi connectivity index (χ0v) is 51.5. The zero-order valence-electron chi connectivity index (χ0n) is 46.6. The molecule has 0 heterocycles. The first-order valence-corrected chi connectivity index (χ1v) is 35.1. The van der Waals surface area contributed by atoms with Crippen LogP contribution >= 0.6 is 0 Å². The van der Waals surface area contributed by atoms with E-state index in [4.69, 9.17) is 4.74 Å². The summed E-state index contributed by atoms with van der Waals surface area (Å²) in [6.07, 6.45) is 19.5. The van der Waals surface area contributed by atoms with Crippen LogP contribution in [0, 0.1) is 27.7 Å². The number of benzene rings is 6. The van der Waals surface area contributed by atoms with E-state index in [0.717, 1.165) is 25.6 Å². The molecular formula is C60H81F6O4S6+5. The fourth-order valence-corrected chi connectivity index (χ4v) is 15.3. The molecule has 0 aliphatic rings. The molecule has 0 spiro atoms. The molecule has 1 atom stereocenters. The molecule has 0 radical (unpaired) electrons. The number of hydrogen-bond donors (Lipinski definition) is 0. The van der Waals surface area contributed by atoms with Crippen molar-refractivity contribution in [2.75, 3.05) is 55.6 Å². The van der Waals surface area contributed by atoms with E-state index >= 15 is 0 Å². The third-order valence-electron chi connectivity index (χ3n) is 10.8. The second-order valence-electron chi connectivity index (χ2n) is 18.1. The van der Waals surface area contributed by atoms with Gasteiger partial charge in [-0.25, -0.2) is 0 Å². The van der Waals surface area contributed by atoms with Crippen molar-refractivity contribution in [3.8, 4) is 11.5 Å². The fourth-order valence-electron chi connectivity index (χ4n) is 7.19. The summed E-state index contributed by atoms with van der Waals surface area (Å²) in [6, 6.07) is 44.5. The predicted molar refractivity (Wildman–Crippen MR) is 321 cm³/mol. The average molecular weight is 1170 g/mol. The van der Waals surface area contributed by atoms with Gasteiger partial charge in [0.2, 0.25) is 0 Å². The summed E-state index contributed by atoms with van der Waals surface area (Å²) in [5.41, 5.74) is -7.73. The lowest BCUT2D eigenvalue weighted by Gasteiger charge is -2.15. The van der Waals surface area contributed by atoms with Gasteiger partial charge in [0.25, 0.3) is 0 Å². The number of halogens is 6. The van der Waals surface area contributed by atoms with Gasteiger partial charge in [0, 0.05) is 35.2 Å². The number of aryl methyl sites for hydroxylation is 4. The molecule has 16 heteroatoms. The summed E-state index contributed by atoms with van der Waals surface area (Å²) < 4.78 is 111. The molecule has 0 aliphatic carbocycles. The van der Waals surface area contributed by atoms with Gasteiger partial charge in [-0.2, -0.15) is 21.6 Å². The van der Waals surface area contributed by atoms with Crippen molar-refractivity contribution in [1.29, 1.82) is 0 Å². The van der Waals surface area contributed by atoms with Gasteiger partial charge >= 0.3 is 21.1 Å². The smallest absolute Gasteiger partial charge is 0.496 e. The first kappa shape index (κ1) is 68.3. The Bertz CT molecular complexity index is 2530. The summed E-state index contributed by atoms with van der Waals surface area (Å²) in [5, 5.41) is 0. The molecule has 0 amide bonds. The first-order valence-electron chi connectivity index (χ1n) is 25.1. The maximum absolute atomic E-state index is 13.5. The molecule has 4 nitrogen and oxygen atoms in total. The molecule has 0 saturated heterocycles. The van der Waals surface area contributed by atoms with Crippen LogP contribution in [0.25, 0.3) is 0 Å². The van der Waals surface area contributed by atoms with Crippen LogP contribution < -0.4 is 8.92 Å². The molecule has 418 valence electrons. The highest BCUT2D eigenvalue weighted by Crippen LogP contribution is 2.41. The van der Waals surface area contributed by atoms with Gasteiger partial charge in [0.15, 0.2) is 40.3 Å². The van der Waals surface area contributed by atoms with Crippen molar-refractivity contribution < 1.29 is 43.7 Å². The molecule has 76 heavy (non-hydrogen) atoms. The van der Waals surface area contributed by atoms with Crippen molar-refractivity contribution in [2.45, 2.75) is 127 Å². The van der Waals surface area contributed by atoms with E-state index in [1.165, 1.54) is 93.8 Å². The SMILES string of the molecule is CCCC[S+](CCCC)CCCC.COc1c(C)cc([S+](c2ccccc2)C(F)(F)F)cc1C.C[S+](C)C.C[S+](C)c1ccccc1.Cc1cc([S+](c2ccccc2)c2ccccc2)cc(C)c1OS(=O)(=O)C(F)(F)F. The Morgan fingerprint density at radius 3 is 1.07 bits per heavy atom. The number of rotatable bonds is 18. The van der Waals surface area contributed by atoms with E-state index in [2.05, 4.69) is 86.6 Å². The largest absolute Gasteiger partial charge is 0.586 e. The average Bonchev–Trinajstić information content (AvgIpc) is 3.36. The van der Waals surface area contributed by atoms with Crippen LogP contribution in [0.2, 0.25) is 0 Å². The predicted octanol–water partition coefficient (Wildman–Crippen LogP) is 16.9. The minimum absolute atomic E-state index is 0.268. The third-order valence-corrected chi connectivity index (χ3v) is 19.6. The van der Waals surface area contributed by atoms with Crippen LogP contribution in [0.4, 0.5) is 26.3 Å². The number of methoxy groups -OCH3 is 1. The van der Waals surface area contributed by atoms with E-state index in [1.54, 1.807) is 56.3 Å². The van der Waals surface area contributed by atoms with E-state index in [0.29, 0.717) is 49.8 Å². The number of hydrogen-bond acceptors (Lipinski definition) is 4. The van der Waals surface area contributed by atoms with Gasteiger partial charge in [-0.05, 0) is 140 Å². The van der Waals surface area contributed by atoms with Gasteiger partial charge in [-0.3, -0.25) is 0 Å². The Labute approximate surface area is 467 Å². The van der Waals surface area contributed by atoms with Gasteiger partial charge in [-0.15, -0.1) is 13.2 Å². The molecule has 0 aromatic heterocycles. The van der Waals surface area contributed by atoms with Crippen LogP contribution in [0.5, 0.6) is 11.5 Å². The monoisotopic (exact) mass is 1170 g/mol. The second kappa shape index (κ2) is 34.9. The van der Waals surface area contributed by atoms with Crippen LogP contribution in [0.15, 0.2) is 175 Å². The molecule has 0 fully saturated rings. The standard InChI is InChI=1S/C21H18F3O3S2.C16H16F3OS.C12H27S.C8H11S.C3H9S/c1-15-13-19(14-16(2)20(15)27-29(25,26)21(22,23)24)28(17-9-5-3-6-10-17)18-11-7-4-8-12-18;1-11-9-14(10-12(2)15(11)20-3)21(16(17,18)19)13-7-5-4-6-8-13;1-4-7-10-13(11-8-5-2)12-9-6-3;1-9(2)8-6-4-3-5-7-8;1-4(2)3/h3-14H,1-2H3;4-10H,1-3H3;4-12H2,1-3H3;3-7H,1-2H3;1-3H3/q5*+1. The molecule has 0 aliphatic heterocycles. The van der Waals surface area contributed by atoms with Gasteiger partial charge in [-0.1, -0.05) is 113 Å². The maximum atomic E-state index is 13.5. The summed E-state index contributed by atoms with van der Waals surface area (Å²) in [4.78, 5) is 4.91. The van der Waals surface area contributed by atoms with Gasteiger partial charge in [0.1, 0.15) is 41.3 Å². The number of unbranched alkanes of at least 4 members (excludes halogenated alkanes) is 3. The normalized spacial score (nSPS) is 11.8. The lowest BCUT2D eigenvalue weighted by Crippen LogP contribution is -2.28. The maximum Gasteiger partial charge on any atom is 0.586 e. The molecule has 0 bridgehead atoms. The van der Waals surface area contributed by atoms with E-state index in [1.807, 2.05) is 60.7 Å². The molecule has 6 aromatic carbocycles. The molecule has 1 unspecified atom stereocenters. The second-order valence-corrected chi connectivity index (χ2v) is 30.7. The molecule has 6 aromatic rings. The van der Waals surface area contributed by atoms with Crippen molar-refractivity contribution in [1.82, 2.24) is 0 Å². The van der Waals surface area contributed by atoms with Crippen molar-refractivity contribution >= 4 is 64.6 Å². The fraction of sp³-hybridized carbons (Fsp3) is 0.400.